The number of aryl methyl sites for hydroxylation is 1. The molecule has 2 heterocycles. The minimum atomic E-state index is -1.31. The topological polar surface area (TPSA) is 47.6 Å². The van der Waals surface area contributed by atoms with Crippen LogP contribution in [0.15, 0.2) is 48.5 Å². The predicted molar refractivity (Wildman–Crippen MR) is 87.2 cm³/mol. The van der Waals surface area contributed by atoms with E-state index < -0.39 is 5.79 Å². The first-order chi connectivity index (χ1) is 11.1. The molecule has 4 nitrogen and oxygen atoms in total. The monoisotopic (exact) mass is 309 g/mol. The van der Waals surface area contributed by atoms with Crippen LogP contribution in [0.2, 0.25) is 0 Å². The molecule has 1 spiro atoms. The zero-order chi connectivity index (χ0) is 16.1. The highest BCUT2D eigenvalue weighted by Crippen LogP contribution is 2.46. The third-order valence-electron chi connectivity index (χ3n) is 4.82. The van der Waals surface area contributed by atoms with Gasteiger partial charge in [0.2, 0.25) is 0 Å². The number of para-hydroxylation sites is 1. The molecule has 1 N–H and O–H groups in total. The largest absolute Gasteiger partial charge is 0.337 e. The van der Waals surface area contributed by atoms with Crippen molar-refractivity contribution in [3.63, 3.8) is 0 Å². The van der Waals surface area contributed by atoms with Gasteiger partial charge in [0.1, 0.15) is 0 Å². The van der Waals surface area contributed by atoms with Gasteiger partial charge in [-0.1, -0.05) is 55.5 Å². The van der Waals surface area contributed by atoms with Gasteiger partial charge in [-0.15, -0.1) is 0 Å². The summed E-state index contributed by atoms with van der Waals surface area (Å²) < 4.78 is 12.1. The number of rotatable bonds is 1. The molecule has 4 rings (SSSR count). The molecule has 0 aliphatic carbocycles. The van der Waals surface area contributed by atoms with Gasteiger partial charge >= 0.3 is 0 Å². The van der Waals surface area contributed by atoms with Crippen molar-refractivity contribution >= 4 is 11.6 Å². The summed E-state index contributed by atoms with van der Waals surface area (Å²) >= 11 is 0. The van der Waals surface area contributed by atoms with Crippen LogP contribution < -0.4 is 5.32 Å². The molecule has 0 saturated carbocycles. The van der Waals surface area contributed by atoms with Crippen molar-refractivity contribution in [1.82, 2.24) is 0 Å². The van der Waals surface area contributed by atoms with Crippen molar-refractivity contribution in [2.75, 3.05) is 18.5 Å². The fourth-order valence-corrected chi connectivity index (χ4v) is 3.33. The van der Waals surface area contributed by atoms with Crippen LogP contribution in [-0.4, -0.2) is 19.1 Å². The van der Waals surface area contributed by atoms with Gasteiger partial charge in [0.05, 0.1) is 18.9 Å². The second-order valence-electron chi connectivity index (χ2n) is 6.57. The molecule has 2 aromatic carbocycles. The molecule has 1 fully saturated rings. The van der Waals surface area contributed by atoms with Crippen LogP contribution in [0.5, 0.6) is 0 Å². The Bertz CT molecular complexity index is 761. The van der Waals surface area contributed by atoms with E-state index in [1.54, 1.807) is 0 Å². The van der Waals surface area contributed by atoms with Crippen LogP contribution in [0.4, 0.5) is 5.69 Å². The van der Waals surface area contributed by atoms with E-state index >= 15 is 0 Å². The first-order valence-electron chi connectivity index (χ1n) is 7.80. The van der Waals surface area contributed by atoms with Gasteiger partial charge in [0.15, 0.2) is 0 Å². The number of nitrogens with one attached hydrogen (secondary N) is 1. The summed E-state index contributed by atoms with van der Waals surface area (Å²) in [6, 6.07) is 15.9. The molecule has 2 aromatic rings. The molecule has 1 amide bonds. The Morgan fingerprint density at radius 2 is 1.70 bits per heavy atom. The van der Waals surface area contributed by atoms with Crippen molar-refractivity contribution in [3.05, 3.63) is 65.2 Å². The highest BCUT2D eigenvalue weighted by atomic mass is 16.7. The Labute approximate surface area is 135 Å². The Balaban J connectivity index is 1.68. The van der Waals surface area contributed by atoms with E-state index in [1.165, 1.54) is 0 Å². The van der Waals surface area contributed by atoms with Gasteiger partial charge in [0, 0.05) is 11.0 Å². The van der Waals surface area contributed by atoms with E-state index in [9.17, 15) is 4.79 Å². The maximum atomic E-state index is 12.5. The second kappa shape index (κ2) is 4.91. The summed E-state index contributed by atoms with van der Waals surface area (Å²) in [5.41, 5.74) is 3.48. The Hall–Kier alpha value is -2.17. The molecule has 2 aliphatic rings. The maximum absolute atomic E-state index is 12.5. The van der Waals surface area contributed by atoms with Crippen LogP contribution in [0, 0.1) is 6.92 Å². The number of benzene rings is 2. The summed E-state index contributed by atoms with van der Waals surface area (Å²) in [7, 11) is 0. The number of ether oxygens (including phenoxy) is 2. The molecule has 23 heavy (non-hydrogen) atoms. The Morgan fingerprint density at radius 3 is 2.39 bits per heavy atom. The van der Waals surface area contributed by atoms with Crippen LogP contribution in [0.1, 0.15) is 23.6 Å². The normalized spacial score (nSPS) is 29.4. The molecule has 0 atom stereocenters. The molecule has 0 unspecified atom stereocenters. The number of hydrogen-bond acceptors (Lipinski definition) is 3. The van der Waals surface area contributed by atoms with Gasteiger partial charge in [-0.05, 0) is 18.1 Å². The molecule has 4 heteroatoms. The summed E-state index contributed by atoms with van der Waals surface area (Å²) in [6.45, 7) is 4.92. The number of carbonyl (C=O) groups excluding carboxylic acids is 1. The number of hydrogen-bond donors (Lipinski definition) is 1. The van der Waals surface area contributed by atoms with Crippen molar-refractivity contribution in [1.29, 1.82) is 0 Å². The fraction of sp³-hybridized carbons (Fsp3) is 0.316. The van der Waals surface area contributed by atoms with E-state index in [1.807, 2.05) is 43.3 Å². The van der Waals surface area contributed by atoms with E-state index in [-0.39, 0.29) is 11.3 Å². The second-order valence-corrected chi connectivity index (χ2v) is 6.57. The fourth-order valence-electron chi connectivity index (χ4n) is 3.33. The highest BCUT2D eigenvalue weighted by Gasteiger charge is 2.54. The Morgan fingerprint density at radius 1 is 1.00 bits per heavy atom. The lowest BCUT2D eigenvalue weighted by Gasteiger charge is -2.42. The lowest BCUT2D eigenvalue weighted by atomic mass is 9.83. The van der Waals surface area contributed by atoms with E-state index in [0.29, 0.717) is 13.2 Å². The number of anilines is 1. The number of fused-ring (bicyclic) bond motifs is 2. The van der Waals surface area contributed by atoms with Crippen LogP contribution in [0.25, 0.3) is 0 Å². The average molecular weight is 309 g/mol. The summed E-state index contributed by atoms with van der Waals surface area (Å²) in [4.78, 5) is 12.5. The zero-order valence-corrected chi connectivity index (χ0v) is 13.3. The van der Waals surface area contributed by atoms with Crippen LogP contribution in [-0.2, 0) is 25.5 Å². The van der Waals surface area contributed by atoms with Gasteiger partial charge in [-0.2, -0.15) is 0 Å². The number of amides is 1. The van der Waals surface area contributed by atoms with Crippen LogP contribution >= 0.6 is 0 Å². The van der Waals surface area contributed by atoms with Crippen molar-refractivity contribution in [2.24, 2.45) is 0 Å². The summed E-state index contributed by atoms with van der Waals surface area (Å²) in [5.74, 6) is -1.55. The molecule has 118 valence electrons. The first-order valence-corrected chi connectivity index (χ1v) is 7.80. The smallest absolute Gasteiger partial charge is 0.289 e. The predicted octanol–water partition coefficient (Wildman–Crippen LogP) is 3.10. The lowest BCUT2D eigenvalue weighted by Crippen LogP contribution is -2.52. The standard InChI is InChI=1S/C19H19NO3/c1-13-7-6-10-15-16(13)20-17(21)19(15)22-11-18(2,12-23-19)14-8-4-3-5-9-14/h3-10H,11-12H2,1-2H3,(H,20,21). The summed E-state index contributed by atoms with van der Waals surface area (Å²) in [6.07, 6.45) is 0. The molecule has 1 saturated heterocycles. The molecule has 0 radical (unpaired) electrons. The molecule has 0 aromatic heterocycles. The van der Waals surface area contributed by atoms with E-state index in [2.05, 4.69) is 24.4 Å². The molecular weight excluding hydrogens is 290 g/mol. The van der Waals surface area contributed by atoms with Crippen LogP contribution in [0.3, 0.4) is 0 Å². The molecule has 0 bridgehead atoms. The number of carbonyl (C=O) groups is 1. The lowest BCUT2D eigenvalue weighted by molar-refractivity contribution is -0.274. The average Bonchev–Trinajstić information content (AvgIpc) is 2.85. The molecule has 2 aliphatic heterocycles. The highest BCUT2D eigenvalue weighted by molar-refractivity contribution is 6.04. The maximum Gasteiger partial charge on any atom is 0.289 e. The minimum Gasteiger partial charge on any atom is -0.337 e. The zero-order valence-electron chi connectivity index (χ0n) is 13.3. The summed E-state index contributed by atoms with van der Waals surface area (Å²) in [5, 5.41) is 2.90. The van der Waals surface area contributed by atoms with Gasteiger partial charge in [0.25, 0.3) is 11.7 Å². The van der Waals surface area contributed by atoms with Crippen molar-refractivity contribution in [2.45, 2.75) is 25.0 Å². The minimum absolute atomic E-state index is 0.239. The third-order valence-corrected chi connectivity index (χ3v) is 4.82. The quantitative estimate of drug-likeness (QED) is 0.880. The third kappa shape index (κ3) is 2.02. The van der Waals surface area contributed by atoms with E-state index in [0.717, 1.165) is 22.4 Å². The van der Waals surface area contributed by atoms with E-state index in [4.69, 9.17) is 9.47 Å². The first kappa shape index (κ1) is 14.4. The van der Waals surface area contributed by atoms with Gasteiger partial charge in [-0.25, -0.2) is 0 Å². The molecular formula is C19H19NO3. The van der Waals surface area contributed by atoms with Gasteiger partial charge in [-0.3, -0.25) is 4.79 Å². The Kier molecular flexibility index (Phi) is 3.08. The SMILES string of the molecule is Cc1cccc2c1NC(=O)C21OCC(C)(c2ccccc2)CO1. The van der Waals surface area contributed by atoms with Gasteiger partial charge < -0.3 is 14.8 Å². The van der Waals surface area contributed by atoms with Crippen molar-refractivity contribution in [3.8, 4) is 0 Å². The van der Waals surface area contributed by atoms with Crippen molar-refractivity contribution < 1.29 is 14.3 Å².